The van der Waals surface area contributed by atoms with Crippen molar-refractivity contribution in [2.75, 3.05) is 18.0 Å². The van der Waals surface area contributed by atoms with Crippen LogP contribution >= 0.6 is 34.8 Å². The lowest BCUT2D eigenvalue weighted by atomic mass is 9.99. The maximum Gasteiger partial charge on any atom is 0.151 e. The van der Waals surface area contributed by atoms with Crippen molar-refractivity contribution in [1.82, 2.24) is 0 Å². The molecular formula is C17H14Cl3NO. The van der Waals surface area contributed by atoms with E-state index >= 15 is 0 Å². The van der Waals surface area contributed by atoms with Crippen LogP contribution in [-0.4, -0.2) is 13.1 Å². The Kier molecular flexibility index (Phi) is 3.64. The molecule has 0 unspecified atom stereocenters. The first-order valence-electron chi connectivity index (χ1n) is 7.36. The number of fused-ring (bicyclic) bond motifs is 2. The van der Waals surface area contributed by atoms with E-state index in [1.807, 2.05) is 24.3 Å². The second-order valence-corrected chi connectivity index (χ2v) is 6.90. The number of ether oxygens (including phenoxy) is 1. The van der Waals surface area contributed by atoms with E-state index in [4.69, 9.17) is 39.5 Å². The van der Waals surface area contributed by atoms with Crippen molar-refractivity contribution in [3.8, 4) is 11.5 Å². The largest absolute Gasteiger partial charge is 0.454 e. The van der Waals surface area contributed by atoms with Gasteiger partial charge in [-0.05, 0) is 25.0 Å². The maximum absolute atomic E-state index is 6.64. The number of nitrogens with zero attached hydrogens (tertiary/aromatic N) is 1. The van der Waals surface area contributed by atoms with Crippen LogP contribution in [0.4, 0.5) is 5.69 Å². The van der Waals surface area contributed by atoms with Crippen LogP contribution < -0.4 is 9.64 Å². The highest BCUT2D eigenvalue weighted by atomic mass is 35.5. The molecule has 2 aromatic rings. The molecule has 0 N–H and O–H groups in total. The van der Waals surface area contributed by atoms with Crippen molar-refractivity contribution in [3.63, 3.8) is 0 Å². The summed E-state index contributed by atoms with van der Waals surface area (Å²) in [6.07, 6.45) is 3.06. The molecule has 0 radical (unpaired) electrons. The molecule has 2 heterocycles. The third kappa shape index (κ3) is 2.25. The molecule has 114 valence electrons. The molecule has 0 bridgehead atoms. The van der Waals surface area contributed by atoms with Crippen LogP contribution in [0.3, 0.4) is 0 Å². The highest BCUT2D eigenvalue weighted by Crippen LogP contribution is 2.50. The molecular weight excluding hydrogens is 341 g/mol. The van der Waals surface area contributed by atoms with Crippen LogP contribution in [0.5, 0.6) is 11.5 Å². The Morgan fingerprint density at radius 3 is 2.45 bits per heavy atom. The van der Waals surface area contributed by atoms with Crippen LogP contribution in [-0.2, 0) is 6.42 Å². The van der Waals surface area contributed by atoms with E-state index in [0.717, 1.165) is 36.3 Å². The topological polar surface area (TPSA) is 12.5 Å². The number of para-hydroxylation sites is 1. The van der Waals surface area contributed by atoms with Gasteiger partial charge in [-0.1, -0.05) is 46.9 Å². The standard InChI is InChI=1S/C17H14Cl3NO/c18-12-5-3-4-10-8-11-9-13(19)15(21-6-1-2-7-21)14(20)17(11)22-16(10)12/h3-5,9H,1-2,6-8H2. The molecule has 1 saturated heterocycles. The number of rotatable bonds is 1. The molecule has 0 atom stereocenters. The van der Waals surface area contributed by atoms with Crippen molar-refractivity contribution >= 4 is 40.5 Å². The van der Waals surface area contributed by atoms with Gasteiger partial charge >= 0.3 is 0 Å². The number of hydrogen-bond donors (Lipinski definition) is 0. The molecule has 0 aliphatic carbocycles. The average Bonchev–Trinajstić information content (AvgIpc) is 3.00. The van der Waals surface area contributed by atoms with Gasteiger partial charge in [-0.2, -0.15) is 0 Å². The summed E-state index contributed by atoms with van der Waals surface area (Å²) in [5.41, 5.74) is 2.95. The summed E-state index contributed by atoms with van der Waals surface area (Å²) >= 11 is 19.4. The van der Waals surface area contributed by atoms with Crippen molar-refractivity contribution in [2.45, 2.75) is 19.3 Å². The Hall–Kier alpha value is -1.09. The van der Waals surface area contributed by atoms with Crippen molar-refractivity contribution in [3.05, 3.63) is 50.5 Å². The monoisotopic (exact) mass is 353 g/mol. The highest BCUT2D eigenvalue weighted by molar-refractivity contribution is 6.40. The van der Waals surface area contributed by atoms with Gasteiger partial charge in [0, 0.05) is 30.6 Å². The third-order valence-corrected chi connectivity index (χ3v) is 5.22. The molecule has 4 rings (SSSR count). The van der Waals surface area contributed by atoms with Gasteiger partial charge in [0.1, 0.15) is 10.8 Å². The van der Waals surface area contributed by atoms with Crippen LogP contribution in [0.25, 0.3) is 0 Å². The predicted molar refractivity (Wildman–Crippen MR) is 92.2 cm³/mol. The minimum Gasteiger partial charge on any atom is -0.454 e. The van der Waals surface area contributed by atoms with Gasteiger partial charge in [-0.25, -0.2) is 0 Å². The lowest BCUT2D eigenvalue weighted by Crippen LogP contribution is -2.19. The van der Waals surface area contributed by atoms with Gasteiger partial charge in [-0.15, -0.1) is 0 Å². The Morgan fingerprint density at radius 1 is 0.909 bits per heavy atom. The smallest absolute Gasteiger partial charge is 0.151 e. The first kappa shape index (κ1) is 14.5. The molecule has 5 heteroatoms. The van der Waals surface area contributed by atoms with Crippen molar-refractivity contribution in [2.24, 2.45) is 0 Å². The molecule has 2 nitrogen and oxygen atoms in total. The number of hydrogen-bond acceptors (Lipinski definition) is 2. The minimum atomic E-state index is 0.593. The molecule has 0 aromatic heterocycles. The molecule has 2 aromatic carbocycles. The average molecular weight is 355 g/mol. The van der Waals surface area contributed by atoms with Gasteiger partial charge in [0.15, 0.2) is 5.75 Å². The van der Waals surface area contributed by atoms with E-state index in [0.29, 0.717) is 26.6 Å². The van der Waals surface area contributed by atoms with Gasteiger partial charge in [0.05, 0.1) is 15.7 Å². The van der Waals surface area contributed by atoms with Crippen LogP contribution in [0.15, 0.2) is 24.3 Å². The SMILES string of the molecule is Clc1cccc2c1Oc1c(cc(Cl)c(N3CCCC3)c1Cl)C2. The fraction of sp³-hybridized carbons (Fsp3) is 0.294. The minimum absolute atomic E-state index is 0.593. The summed E-state index contributed by atoms with van der Waals surface area (Å²) < 4.78 is 6.05. The van der Waals surface area contributed by atoms with Crippen molar-refractivity contribution < 1.29 is 4.74 Å². The third-order valence-electron chi connectivity index (χ3n) is 4.28. The maximum atomic E-state index is 6.64. The molecule has 0 spiro atoms. The number of benzene rings is 2. The second kappa shape index (κ2) is 5.52. The zero-order chi connectivity index (χ0) is 15.3. The predicted octanol–water partition coefficient (Wildman–Crippen LogP) is 5.94. The van der Waals surface area contributed by atoms with E-state index in [2.05, 4.69) is 4.90 Å². The van der Waals surface area contributed by atoms with Gasteiger partial charge < -0.3 is 9.64 Å². The highest BCUT2D eigenvalue weighted by Gasteiger charge is 2.27. The van der Waals surface area contributed by atoms with Gasteiger partial charge in [0.2, 0.25) is 0 Å². The van der Waals surface area contributed by atoms with Gasteiger partial charge in [0.25, 0.3) is 0 Å². The van der Waals surface area contributed by atoms with Crippen LogP contribution in [0, 0.1) is 0 Å². The Bertz CT molecular complexity index is 754. The fourth-order valence-electron chi connectivity index (χ4n) is 3.23. The fourth-order valence-corrected chi connectivity index (χ4v) is 4.23. The number of halogens is 3. The second-order valence-electron chi connectivity index (χ2n) is 5.71. The van der Waals surface area contributed by atoms with E-state index in [1.54, 1.807) is 0 Å². The van der Waals surface area contributed by atoms with Crippen molar-refractivity contribution in [1.29, 1.82) is 0 Å². The Balaban J connectivity index is 1.83. The molecule has 1 fully saturated rings. The van der Waals surface area contributed by atoms with Crippen LogP contribution in [0.2, 0.25) is 15.1 Å². The summed E-state index contributed by atoms with van der Waals surface area (Å²) in [5, 5.41) is 1.89. The van der Waals surface area contributed by atoms with E-state index in [9.17, 15) is 0 Å². The van der Waals surface area contributed by atoms with E-state index in [1.165, 1.54) is 12.8 Å². The summed E-state index contributed by atoms with van der Waals surface area (Å²) in [7, 11) is 0. The normalized spacial score (nSPS) is 16.2. The molecule has 22 heavy (non-hydrogen) atoms. The zero-order valence-electron chi connectivity index (χ0n) is 11.8. The van der Waals surface area contributed by atoms with Crippen LogP contribution in [0.1, 0.15) is 24.0 Å². The summed E-state index contributed by atoms with van der Waals surface area (Å²) in [5.74, 6) is 1.39. The first-order chi connectivity index (χ1) is 10.6. The van der Waals surface area contributed by atoms with E-state index < -0.39 is 0 Å². The summed E-state index contributed by atoms with van der Waals surface area (Å²) in [4.78, 5) is 2.23. The van der Waals surface area contributed by atoms with Gasteiger partial charge in [-0.3, -0.25) is 0 Å². The molecule has 0 amide bonds. The first-order valence-corrected chi connectivity index (χ1v) is 8.49. The Labute approximate surface area is 144 Å². The Morgan fingerprint density at radius 2 is 1.68 bits per heavy atom. The lowest BCUT2D eigenvalue weighted by molar-refractivity contribution is 0.460. The van der Waals surface area contributed by atoms with E-state index in [-0.39, 0.29) is 0 Å². The lowest BCUT2D eigenvalue weighted by Gasteiger charge is -2.27. The number of anilines is 1. The zero-order valence-corrected chi connectivity index (χ0v) is 14.1. The molecule has 2 aliphatic heterocycles. The molecule has 0 saturated carbocycles. The summed E-state index contributed by atoms with van der Waals surface area (Å²) in [6.45, 7) is 1.96. The summed E-state index contributed by atoms with van der Waals surface area (Å²) in [6, 6.07) is 7.74. The quantitative estimate of drug-likeness (QED) is 0.536. The molecule has 2 aliphatic rings.